The molecule has 2 amide bonds. The molecule has 5 heteroatoms. The molecule has 5 nitrogen and oxygen atoms in total. The van der Waals surface area contributed by atoms with Crippen LogP contribution >= 0.6 is 0 Å². The average Bonchev–Trinajstić information content (AvgIpc) is 2.95. The molecule has 0 spiro atoms. The highest BCUT2D eigenvalue weighted by Crippen LogP contribution is 2.31. The molecule has 130 valence electrons. The molecule has 2 aromatic rings. The van der Waals surface area contributed by atoms with Gasteiger partial charge in [-0.15, -0.1) is 0 Å². The number of para-hydroxylation sites is 1. The van der Waals surface area contributed by atoms with Crippen LogP contribution in [-0.4, -0.2) is 43.4 Å². The van der Waals surface area contributed by atoms with Crippen LogP contribution in [0.1, 0.15) is 22.8 Å². The summed E-state index contributed by atoms with van der Waals surface area (Å²) in [6.45, 7) is 2.29. The second-order valence-corrected chi connectivity index (χ2v) is 6.58. The van der Waals surface area contributed by atoms with E-state index in [1.54, 1.807) is 26.2 Å². The molecular weight excluding hydrogens is 314 g/mol. The van der Waals surface area contributed by atoms with Crippen molar-refractivity contribution in [2.45, 2.75) is 19.4 Å². The summed E-state index contributed by atoms with van der Waals surface area (Å²) in [5.41, 5.74) is 3.68. The number of fused-ring (bicyclic) bond motifs is 1. The third-order valence-electron chi connectivity index (χ3n) is 4.46. The Kier molecular flexibility index (Phi) is 4.74. The predicted octanol–water partition coefficient (Wildman–Crippen LogP) is 2.78. The summed E-state index contributed by atoms with van der Waals surface area (Å²) in [4.78, 5) is 28.0. The van der Waals surface area contributed by atoms with E-state index in [4.69, 9.17) is 0 Å². The van der Waals surface area contributed by atoms with Crippen LogP contribution in [0.2, 0.25) is 0 Å². The molecule has 0 unspecified atom stereocenters. The van der Waals surface area contributed by atoms with Gasteiger partial charge < -0.3 is 15.1 Å². The lowest BCUT2D eigenvalue weighted by molar-refractivity contribution is -0.117. The number of benzene rings is 2. The Bertz CT molecular complexity index is 784. The molecule has 1 heterocycles. The highest BCUT2D eigenvalue weighted by Gasteiger charge is 2.30. The molecule has 0 bridgehead atoms. The van der Waals surface area contributed by atoms with Gasteiger partial charge in [0.05, 0.1) is 6.54 Å². The van der Waals surface area contributed by atoms with Gasteiger partial charge >= 0.3 is 0 Å². The molecule has 2 aromatic carbocycles. The average molecular weight is 337 g/mol. The summed E-state index contributed by atoms with van der Waals surface area (Å²) in [7, 11) is 3.45. The minimum absolute atomic E-state index is 0.0369. The largest absolute Gasteiger partial charge is 0.376 e. The van der Waals surface area contributed by atoms with Crippen LogP contribution in [0.3, 0.4) is 0 Å². The van der Waals surface area contributed by atoms with Crippen molar-refractivity contribution in [2.24, 2.45) is 0 Å². The van der Waals surface area contributed by atoms with Gasteiger partial charge in [-0.05, 0) is 49.2 Å². The number of hydrogen-bond acceptors (Lipinski definition) is 3. The number of nitrogens with zero attached hydrogens (tertiary/aromatic N) is 2. The van der Waals surface area contributed by atoms with Gasteiger partial charge in [0.15, 0.2) is 0 Å². The van der Waals surface area contributed by atoms with Crippen molar-refractivity contribution in [2.75, 3.05) is 30.9 Å². The summed E-state index contributed by atoms with van der Waals surface area (Å²) in [6.07, 6.45) is 0.892. The summed E-state index contributed by atoms with van der Waals surface area (Å²) >= 11 is 0. The van der Waals surface area contributed by atoms with Gasteiger partial charge in [-0.1, -0.05) is 18.2 Å². The molecule has 1 aliphatic heterocycles. The zero-order chi connectivity index (χ0) is 18.0. The van der Waals surface area contributed by atoms with E-state index >= 15 is 0 Å². The first-order valence-electron chi connectivity index (χ1n) is 8.43. The van der Waals surface area contributed by atoms with Crippen molar-refractivity contribution >= 4 is 23.2 Å². The Hall–Kier alpha value is -2.82. The highest BCUT2D eigenvalue weighted by molar-refractivity contribution is 5.99. The van der Waals surface area contributed by atoms with Gasteiger partial charge in [-0.2, -0.15) is 0 Å². The first kappa shape index (κ1) is 17.0. The maximum atomic E-state index is 12.7. The number of carbonyl (C=O) groups is 2. The Morgan fingerprint density at radius 2 is 1.80 bits per heavy atom. The van der Waals surface area contributed by atoms with Crippen LogP contribution < -0.4 is 10.2 Å². The van der Waals surface area contributed by atoms with E-state index in [1.165, 1.54) is 10.5 Å². The molecule has 1 aliphatic rings. The molecule has 1 N–H and O–H groups in total. The number of hydrogen-bond donors (Lipinski definition) is 1. The van der Waals surface area contributed by atoms with E-state index in [0.29, 0.717) is 5.56 Å². The molecule has 0 aliphatic carbocycles. The Morgan fingerprint density at radius 3 is 2.48 bits per heavy atom. The summed E-state index contributed by atoms with van der Waals surface area (Å²) in [6, 6.07) is 15.4. The van der Waals surface area contributed by atoms with Crippen molar-refractivity contribution < 1.29 is 9.59 Å². The van der Waals surface area contributed by atoms with Crippen molar-refractivity contribution in [3.63, 3.8) is 0 Å². The van der Waals surface area contributed by atoms with Crippen molar-refractivity contribution in [1.29, 1.82) is 0 Å². The summed E-state index contributed by atoms with van der Waals surface area (Å²) < 4.78 is 0. The lowest BCUT2D eigenvalue weighted by atomic mass is 10.1. The third-order valence-corrected chi connectivity index (χ3v) is 4.46. The highest BCUT2D eigenvalue weighted by atomic mass is 16.2. The molecule has 1 atom stereocenters. The zero-order valence-corrected chi connectivity index (χ0v) is 14.8. The molecule has 0 radical (unpaired) electrons. The van der Waals surface area contributed by atoms with E-state index in [1.807, 2.05) is 35.2 Å². The van der Waals surface area contributed by atoms with Crippen molar-refractivity contribution in [3.05, 3.63) is 59.7 Å². The van der Waals surface area contributed by atoms with E-state index in [2.05, 4.69) is 18.3 Å². The number of carbonyl (C=O) groups excluding carboxylic acids is 2. The van der Waals surface area contributed by atoms with Gasteiger partial charge in [0, 0.05) is 37.1 Å². The van der Waals surface area contributed by atoms with Gasteiger partial charge in [-0.25, -0.2) is 0 Å². The second-order valence-electron chi connectivity index (χ2n) is 6.58. The second kappa shape index (κ2) is 6.97. The van der Waals surface area contributed by atoms with Gasteiger partial charge in [0.2, 0.25) is 5.91 Å². The number of nitrogens with one attached hydrogen (secondary N) is 1. The lowest BCUT2D eigenvalue weighted by Gasteiger charge is -2.23. The van der Waals surface area contributed by atoms with E-state index < -0.39 is 0 Å². The standard InChI is InChI=1S/C20H23N3O2/c1-14-12-16-6-4-5-7-18(16)23(14)19(24)13-21-17-10-8-15(9-11-17)20(25)22(2)3/h4-11,14,21H,12-13H2,1-3H3/t14-/m0/s1. The Labute approximate surface area is 148 Å². The maximum absolute atomic E-state index is 12.7. The molecule has 3 rings (SSSR count). The molecule has 0 fully saturated rings. The number of amides is 2. The van der Waals surface area contributed by atoms with Crippen LogP contribution in [-0.2, 0) is 11.2 Å². The van der Waals surface area contributed by atoms with E-state index in [-0.39, 0.29) is 24.4 Å². The zero-order valence-electron chi connectivity index (χ0n) is 14.8. The topological polar surface area (TPSA) is 52.7 Å². The molecule has 0 saturated carbocycles. The third kappa shape index (κ3) is 3.50. The number of rotatable bonds is 4. The first-order chi connectivity index (χ1) is 12.0. The Morgan fingerprint density at radius 1 is 1.12 bits per heavy atom. The van der Waals surface area contributed by atoms with Crippen molar-refractivity contribution in [1.82, 2.24) is 4.90 Å². The quantitative estimate of drug-likeness (QED) is 0.933. The normalized spacial score (nSPS) is 15.6. The molecular formula is C20H23N3O2. The van der Waals surface area contributed by atoms with E-state index in [9.17, 15) is 9.59 Å². The Balaban J connectivity index is 1.64. The maximum Gasteiger partial charge on any atom is 0.253 e. The monoisotopic (exact) mass is 337 g/mol. The first-order valence-corrected chi connectivity index (χ1v) is 8.43. The minimum atomic E-state index is -0.0369. The molecule has 0 aromatic heterocycles. The van der Waals surface area contributed by atoms with Crippen LogP contribution in [0.4, 0.5) is 11.4 Å². The van der Waals surface area contributed by atoms with Gasteiger partial charge in [0.25, 0.3) is 5.91 Å². The molecule has 0 saturated heterocycles. The fourth-order valence-electron chi connectivity index (χ4n) is 3.20. The van der Waals surface area contributed by atoms with E-state index in [0.717, 1.165) is 17.8 Å². The molecule has 25 heavy (non-hydrogen) atoms. The smallest absolute Gasteiger partial charge is 0.253 e. The SMILES string of the molecule is C[C@H]1Cc2ccccc2N1C(=O)CNc1ccc(C(=O)N(C)C)cc1. The van der Waals surface area contributed by atoms with Crippen LogP contribution in [0.25, 0.3) is 0 Å². The van der Waals surface area contributed by atoms with Crippen LogP contribution in [0.5, 0.6) is 0 Å². The number of anilines is 2. The summed E-state index contributed by atoms with van der Waals surface area (Å²) in [5.74, 6) is 0.0102. The van der Waals surface area contributed by atoms with Crippen molar-refractivity contribution in [3.8, 4) is 0 Å². The minimum Gasteiger partial charge on any atom is -0.376 e. The summed E-state index contributed by atoms with van der Waals surface area (Å²) in [5, 5.41) is 3.15. The van der Waals surface area contributed by atoms with Gasteiger partial charge in [-0.3, -0.25) is 9.59 Å². The predicted molar refractivity (Wildman–Crippen MR) is 100 cm³/mol. The van der Waals surface area contributed by atoms with Crippen LogP contribution in [0.15, 0.2) is 48.5 Å². The fourth-order valence-corrected chi connectivity index (χ4v) is 3.20. The lowest BCUT2D eigenvalue weighted by Crippen LogP contribution is -2.39. The fraction of sp³-hybridized carbons (Fsp3) is 0.300. The van der Waals surface area contributed by atoms with Gasteiger partial charge in [0.1, 0.15) is 0 Å². The van der Waals surface area contributed by atoms with Crippen LogP contribution in [0, 0.1) is 0 Å².